The van der Waals surface area contributed by atoms with Gasteiger partial charge < -0.3 is 9.47 Å². The third-order valence-electron chi connectivity index (χ3n) is 5.28. The number of benzene rings is 1. The van der Waals surface area contributed by atoms with Gasteiger partial charge in [0.2, 0.25) is 0 Å². The average Bonchev–Trinajstić information content (AvgIpc) is 3.09. The quantitative estimate of drug-likeness (QED) is 0.441. The van der Waals surface area contributed by atoms with E-state index in [9.17, 15) is 4.79 Å². The molecule has 0 saturated carbocycles. The molecular formula is C23H27ClN2O3. The predicted octanol–water partition coefficient (Wildman–Crippen LogP) is 6.05. The second-order valence-electron chi connectivity index (χ2n) is 7.04. The van der Waals surface area contributed by atoms with Crippen LogP contribution >= 0.6 is 11.6 Å². The van der Waals surface area contributed by atoms with E-state index in [2.05, 4.69) is 19.9 Å². The molecule has 0 N–H and O–H groups in total. The molecule has 6 heteroatoms. The summed E-state index contributed by atoms with van der Waals surface area (Å²) in [5.41, 5.74) is 4.50. The van der Waals surface area contributed by atoms with E-state index < -0.39 is 5.97 Å². The molecular weight excluding hydrogens is 388 g/mol. The average molecular weight is 415 g/mol. The summed E-state index contributed by atoms with van der Waals surface area (Å²) in [5, 5.41) is 0.469. The van der Waals surface area contributed by atoms with Crippen LogP contribution in [0, 0.1) is 6.92 Å². The summed E-state index contributed by atoms with van der Waals surface area (Å²) in [5.74, 6) is 0.652. The summed E-state index contributed by atoms with van der Waals surface area (Å²) in [6.45, 7) is 8.45. The van der Waals surface area contributed by atoms with Crippen molar-refractivity contribution >= 4 is 23.2 Å². The first-order chi connectivity index (χ1) is 13.9. The van der Waals surface area contributed by atoms with E-state index >= 15 is 0 Å². The van der Waals surface area contributed by atoms with Crippen LogP contribution in [-0.4, -0.2) is 29.1 Å². The highest BCUT2D eigenvalue weighted by Crippen LogP contribution is 2.35. The number of imidazole rings is 1. The van der Waals surface area contributed by atoms with Gasteiger partial charge >= 0.3 is 5.97 Å². The van der Waals surface area contributed by atoms with Crippen molar-refractivity contribution in [3.63, 3.8) is 0 Å². The van der Waals surface area contributed by atoms with Gasteiger partial charge in [0.05, 0.1) is 18.7 Å². The SMILES string of the molecule is CCOC(=O)c1c(-c2ccc(OC)cc2Cl)nc2c(C)cc(C(CC)CC)cn12. The Labute approximate surface area is 176 Å². The highest BCUT2D eigenvalue weighted by molar-refractivity contribution is 6.33. The number of nitrogens with zero attached hydrogens (tertiary/aromatic N) is 2. The van der Waals surface area contributed by atoms with Gasteiger partial charge in [0.25, 0.3) is 0 Å². The molecule has 154 valence electrons. The molecule has 0 spiro atoms. The van der Waals surface area contributed by atoms with Crippen molar-refractivity contribution in [2.45, 2.75) is 46.5 Å². The standard InChI is InChI=1S/C23H27ClN2O3/c1-6-15(7-2)16-11-14(4)22-25-20(18-10-9-17(28-5)12-19(18)24)21(26(22)13-16)23(27)29-8-3/h9-13,15H,6-8H2,1-5H3. The zero-order valence-electron chi connectivity index (χ0n) is 17.6. The van der Waals surface area contributed by atoms with Crippen molar-refractivity contribution in [1.29, 1.82) is 0 Å². The van der Waals surface area contributed by atoms with Crippen molar-refractivity contribution in [2.75, 3.05) is 13.7 Å². The number of fused-ring (bicyclic) bond motifs is 1. The minimum atomic E-state index is -0.414. The van der Waals surface area contributed by atoms with Crippen molar-refractivity contribution in [1.82, 2.24) is 9.38 Å². The van der Waals surface area contributed by atoms with Crippen LogP contribution in [0.2, 0.25) is 5.02 Å². The van der Waals surface area contributed by atoms with Gasteiger partial charge in [-0.15, -0.1) is 0 Å². The van der Waals surface area contributed by atoms with E-state index in [1.807, 2.05) is 29.7 Å². The van der Waals surface area contributed by atoms with Crippen LogP contribution < -0.4 is 4.74 Å². The summed E-state index contributed by atoms with van der Waals surface area (Å²) in [4.78, 5) is 17.7. The lowest BCUT2D eigenvalue weighted by Gasteiger charge is -2.15. The Morgan fingerprint density at radius 3 is 2.52 bits per heavy atom. The largest absolute Gasteiger partial charge is 0.497 e. The zero-order chi connectivity index (χ0) is 21.1. The number of methoxy groups -OCH3 is 1. The number of rotatable bonds is 7. The predicted molar refractivity (Wildman–Crippen MR) is 116 cm³/mol. The fourth-order valence-corrected chi connectivity index (χ4v) is 3.98. The number of carbonyl (C=O) groups excluding carboxylic acids is 1. The number of halogens is 1. The fourth-order valence-electron chi connectivity index (χ4n) is 3.72. The van der Waals surface area contributed by atoms with E-state index in [0.717, 1.165) is 24.1 Å². The minimum absolute atomic E-state index is 0.285. The third-order valence-corrected chi connectivity index (χ3v) is 5.60. The van der Waals surface area contributed by atoms with E-state index in [1.165, 1.54) is 5.56 Å². The number of hydrogen-bond acceptors (Lipinski definition) is 4. The Kier molecular flexibility index (Phi) is 6.48. The van der Waals surface area contributed by atoms with Gasteiger partial charge in [-0.05, 0) is 61.9 Å². The van der Waals surface area contributed by atoms with Gasteiger partial charge in [-0.25, -0.2) is 9.78 Å². The Morgan fingerprint density at radius 2 is 1.93 bits per heavy atom. The molecule has 0 bridgehead atoms. The third kappa shape index (κ3) is 3.97. The normalized spacial score (nSPS) is 11.3. The molecule has 0 aliphatic carbocycles. The number of aromatic nitrogens is 2. The second-order valence-corrected chi connectivity index (χ2v) is 7.45. The lowest BCUT2D eigenvalue weighted by Crippen LogP contribution is -2.10. The van der Waals surface area contributed by atoms with E-state index in [4.69, 9.17) is 26.1 Å². The van der Waals surface area contributed by atoms with E-state index in [1.54, 1.807) is 20.1 Å². The first-order valence-corrected chi connectivity index (χ1v) is 10.4. The molecule has 3 aromatic rings. The molecule has 1 aromatic carbocycles. The first kappa shape index (κ1) is 21.2. The lowest BCUT2D eigenvalue weighted by molar-refractivity contribution is 0.0519. The fraction of sp³-hybridized carbons (Fsp3) is 0.391. The maximum atomic E-state index is 12.9. The maximum absolute atomic E-state index is 12.9. The van der Waals surface area contributed by atoms with Crippen molar-refractivity contribution in [3.8, 4) is 17.0 Å². The van der Waals surface area contributed by atoms with Gasteiger partial charge in [0.1, 0.15) is 17.1 Å². The lowest BCUT2D eigenvalue weighted by atomic mass is 9.94. The molecule has 0 saturated heterocycles. The molecule has 3 rings (SSSR count). The van der Waals surface area contributed by atoms with Gasteiger partial charge in [-0.2, -0.15) is 0 Å². The van der Waals surface area contributed by atoms with Gasteiger partial charge in [0.15, 0.2) is 5.69 Å². The van der Waals surface area contributed by atoms with Crippen LogP contribution in [-0.2, 0) is 4.74 Å². The monoisotopic (exact) mass is 414 g/mol. The maximum Gasteiger partial charge on any atom is 0.357 e. The Balaban J connectivity index is 2.31. The summed E-state index contributed by atoms with van der Waals surface area (Å²) in [7, 11) is 1.59. The number of ether oxygens (including phenoxy) is 2. The summed E-state index contributed by atoms with van der Waals surface area (Å²) < 4.78 is 12.5. The molecule has 0 atom stereocenters. The van der Waals surface area contributed by atoms with Gasteiger partial charge in [0, 0.05) is 11.8 Å². The van der Waals surface area contributed by atoms with Crippen molar-refractivity contribution < 1.29 is 14.3 Å². The van der Waals surface area contributed by atoms with Gasteiger partial charge in [-0.3, -0.25) is 4.40 Å². The number of pyridine rings is 1. The van der Waals surface area contributed by atoms with Crippen LogP contribution in [0.1, 0.15) is 61.1 Å². The Hall–Kier alpha value is -2.53. The smallest absolute Gasteiger partial charge is 0.357 e. The van der Waals surface area contributed by atoms with E-state index in [-0.39, 0.29) is 6.61 Å². The summed E-state index contributed by atoms with van der Waals surface area (Å²) in [6, 6.07) is 7.51. The molecule has 0 fully saturated rings. The number of hydrogen-bond donors (Lipinski definition) is 0. The summed E-state index contributed by atoms with van der Waals surface area (Å²) >= 11 is 6.51. The molecule has 2 aromatic heterocycles. The van der Waals surface area contributed by atoms with Crippen LogP contribution in [0.4, 0.5) is 0 Å². The minimum Gasteiger partial charge on any atom is -0.497 e. The number of carbonyl (C=O) groups is 1. The van der Waals surface area contributed by atoms with Crippen molar-refractivity contribution in [3.05, 3.63) is 52.3 Å². The number of aryl methyl sites for hydroxylation is 1. The molecule has 2 heterocycles. The first-order valence-electron chi connectivity index (χ1n) is 9.98. The second kappa shape index (κ2) is 8.87. The van der Waals surface area contributed by atoms with Crippen LogP contribution in [0.15, 0.2) is 30.5 Å². The molecule has 0 amide bonds. The van der Waals surface area contributed by atoms with E-state index in [0.29, 0.717) is 33.6 Å². The molecule has 0 aliphatic heterocycles. The Bertz CT molecular complexity index is 1040. The van der Waals surface area contributed by atoms with Crippen LogP contribution in [0.5, 0.6) is 5.75 Å². The molecule has 0 unspecified atom stereocenters. The molecule has 29 heavy (non-hydrogen) atoms. The topological polar surface area (TPSA) is 52.8 Å². The van der Waals surface area contributed by atoms with Crippen molar-refractivity contribution in [2.24, 2.45) is 0 Å². The Morgan fingerprint density at radius 1 is 1.21 bits per heavy atom. The van der Waals surface area contributed by atoms with Crippen LogP contribution in [0.3, 0.4) is 0 Å². The molecule has 0 aliphatic rings. The highest BCUT2D eigenvalue weighted by Gasteiger charge is 2.25. The molecule has 0 radical (unpaired) electrons. The number of esters is 1. The molecule has 5 nitrogen and oxygen atoms in total. The zero-order valence-corrected chi connectivity index (χ0v) is 18.3. The van der Waals surface area contributed by atoms with Gasteiger partial charge in [-0.1, -0.05) is 31.5 Å². The highest BCUT2D eigenvalue weighted by atomic mass is 35.5. The summed E-state index contributed by atoms with van der Waals surface area (Å²) in [6.07, 6.45) is 4.07. The van der Waals surface area contributed by atoms with Crippen LogP contribution in [0.25, 0.3) is 16.9 Å².